The van der Waals surface area contributed by atoms with E-state index in [-0.39, 0.29) is 0 Å². The maximum Gasteiger partial charge on any atom is 0.0596 e. The minimum atomic E-state index is 0.417. The summed E-state index contributed by atoms with van der Waals surface area (Å²) in [6.07, 6.45) is 5.08. The van der Waals surface area contributed by atoms with E-state index in [1.165, 1.54) is 25.0 Å². The zero-order chi connectivity index (χ0) is 14.9. The van der Waals surface area contributed by atoms with Crippen molar-refractivity contribution in [1.29, 1.82) is 0 Å². The van der Waals surface area contributed by atoms with E-state index in [4.69, 9.17) is 5.73 Å². The zero-order valence-electron chi connectivity index (χ0n) is 13.8. The Hall–Kier alpha value is -0.830. The van der Waals surface area contributed by atoms with Crippen molar-refractivity contribution in [3.63, 3.8) is 0 Å². The Morgan fingerprint density at radius 3 is 2.50 bits per heavy atom. The van der Waals surface area contributed by atoms with Crippen molar-refractivity contribution in [1.82, 2.24) is 9.78 Å². The third-order valence-corrected chi connectivity index (χ3v) is 5.24. The molecule has 0 radical (unpaired) electrons. The van der Waals surface area contributed by atoms with E-state index in [0.717, 1.165) is 24.6 Å². The molecule has 1 heterocycles. The molecule has 20 heavy (non-hydrogen) atoms. The van der Waals surface area contributed by atoms with E-state index < -0.39 is 0 Å². The van der Waals surface area contributed by atoms with Gasteiger partial charge in [0.2, 0.25) is 0 Å². The summed E-state index contributed by atoms with van der Waals surface area (Å²) in [6.45, 7) is 10.0. The van der Waals surface area contributed by atoms with Crippen molar-refractivity contribution in [2.24, 2.45) is 36.0 Å². The molecule has 2 rings (SSSR count). The van der Waals surface area contributed by atoms with Crippen LogP contribution in [0.1, 0.15) is 51.4 Å². The molecule has 3 unspecified atom stereocenters. The summed E-state index contributed by atoms with van der Waals surface area (Å²) in [6, 6.07) is 2.23. The molecule has 1 aromatic rings. The van der Waals surface area contributed by atoms with Crippen LogP contribution in [-0.2, 0) is 13.5 Å². The first-order valence-corrected chi connectivity index (χ1v) is 8.01. The predicted molar refractivity (Wildman–Crippen MR) is 84.5 cm³/mol. The highest BCUT2D eigenvalue weighted by Gasteiger charge is 2.35. The van der Waals surface area contributed by atoms with Gasteiger partial charge in [0.05, 0.1) is 5.69 Å². The number of rotatable bonds is 3. The lowest BCUT2D eigenvalue weighted by atomic mass is 9.64. The number of nitrogens with zero attached hydrogens (tertiary/aromatic N) is 2. The molecule has 2 N–H and O–H groups in total. The fourth-order valence-electron chi connectivity index (χ4n) is 3.80. The van der Waals surface area contributed by atoms with Crippen LogP contribution in [0.2, 0.25) is 0 Å². The largest absolute Gasteiger partial charge is 0.330 e. The van der Waals surface area contributed by atoms with E-state index in [9.17, 15) is 0 Å². The van der Waals surface area contributed by atoms with Crippen LogP contribution in [0.15, 0.2) is 6.07 Å². The molecule has 0 aliphatic heterocycles. The molecule has 1 aliphatic rings. The monoisotopic (exact) mass is 277 g/mol. The summed E-state index contributed by atoms with van der Waals surface area (Å²) < 4.78 is 2.05. The number of hydrogen-bond donors (Lipinski definition) is 1. The second kappa shape index (κ2) is 5.88. The normalized spacial score (nSPS) is 27.8. The van der Waals surface area contributed by atoms with Crippen LogP contribution in [0.5, 0.6) is 0 Å². The molecule has 3 atom stereocenters. The van der Waals surface area contributed by atoms with Gasteiger partial charge in [0.15, 0.2) is 0 Å². The lowest BCUT2D eigenvalue weighted by Gasteiger charge is -2.41. The Morgan fingerprint density at radius 2 is 2.00 bits per heavy atom. The van der Waals surface area contributed by atoms with Crippen molar-refractivity contribution >= 4 is 0 Å². The molecular formula is C17H31N3. The first-order valence-electron chi connectivity index (χ1n) is 8.01. The fraction of sp³-hybridized carbons (Fsp3) is 0.824. The molecule has 0 aromatic carbocycles. The van der Waals surface area contributed by atoms with Crippen LogP contribution < -0.4 is 5.73 Å². The first-order chi connectivity index (χ1) is 9.31. The van der Waals surface area contributed by atoms with Crippen LogP contribution in [0.3, 0.4) is 0 Å². The van der Waals surface area contributed by atoms with E-state index >= 15 is 0 Å². The summed E-state index contributed by atoms with van der Waals surface area (Å²) in [7, 11) is 2.06. The van der Waals surface area contributed by atoms with Gasteiger partial charge in [-0.2, -0.15) is 5.10 Å². The van der Waals surface area contributed by atoms with Gasteiger partial charge in [-0.05, 0) is 68.4 Å². The van der Waals surface area contributed by atoms with Crippen molar-refractivity contribution in [3.05, 3.63) is 17.5 Å². The van der Waals surface area contributed by atoms with Gasteiger partial charge in [0, 0.05) is 12.7 Å². The van der Waals surface area contributed by atoms with Gasteiger partial charge >= 0.3 is 0 Å². The highest BCUT2D eigenvalue weighted by atomic mass is 15.3. The van der Waals surface area contributed by atoms with Crippen molar-refractivity contribution < 1.29 is 0 Å². The Balaban J connectivity index is 2.11. The maximum absolute atomic E-state index is 6.02. The zero-order valence-corrected chi connectivity index (χ0v) is 13.8. The average Bonchev–Trinajstić information content (AvgIpc) is 2.66. The summed E-state index contributed by atoms with van der Waals surface area (Å²) in [5.74, 6) is 2.22. The van der Waals surface area contributed by atoms with Crippen LogP contribution in [0.25, 0.3) is 0 Å². The van der Waals surface area contributed by atoms with E-state index in [0.29, 0.717) is 17.3 Å². The molecule has 0 bridgehead atoms. The van der Waals surface area contributed by atoms with Gasteiger partial charge < -0.3 is 5.73 Å². The van der Waals surface area contributed by atoms with Gasteiger partial charge in [-0.15, -0.1) is 0 Å². The quantitative estimate of drug-likeness (QED) is 0.921. The van der Waals surface area contributed by atoms with Crippen molar-refractivity contribution in [2.45, 2.75) is 53.4 Å². The SMILES string of the molecule is Cc1cc(CC2CC(C(C)(C)C)CCC2CN)n(C)n1. The molecule has 3 nitrogen and oxygen atoms in total. The summed E-state index contributed by atoms with van der Waals surface area (Å²) in [5, 5.41) is 4.48. The van der Waals surface area contributed by atoms with E-state index in [1.807, 2.05) is 4.68 Å². The fourth-order valence-corrected chi connectivity index (χ4v) is 3.80. The van der Waals surface area contributed by atoms with E-state index in [2.05, 4.69) is 45.9 Å². The highest BCUT2D eigenvalue weighted by Crippen LogP contribution is 2.43. The lowest BCUT2D eigenvalue weighted by molar-refractivity contribution is 0.100. The molecule has 1 aromatic heterocycles. The van der Waals surface area contributed by atoms with Crippen LogP contribution in [0.4, 0.5) is 0 Å². The number of hydrogen-bond acceptors (Lipinski definition) is 2. The second-order valence-electron chi connectivity index (χ2n) is 7.74. The third kappa shape index (κ3) is 3.43. The third-order valence-electron chi connectivity index (χ3n) is 5.24. The second-order valence-corrected chi connectivity index (χ2v) is 7.74. The highest BCUT2D eigenvalue weighted by molar-refractivity contribution is 5.10. The summed E-state index contributed by atoms with van der Waals surface area (Å²) in [4.78, 5) is 0. The van der Waals surface area contributed by atoms with Crippen LogP contribution in [0, 0.1) is 30.1 Å². The molecular weight excluding hydrogens is 246 g/mol. The Morgan fingerprint density at radius 1 is 1.30 bits per heavy atom. The summed E-state index contributed by atoms with van der Waals surface area (Å²) >= 11 is 0. The molecule has 1 aliphatic carbocycles. The lowest BCUT2D eigenvalue weighted by Crippen LogP contribution is -2.36. The Labute approximate surface area is 123 Å². The topological polar surface area (TPSA) is 43.8 Å². The molecule has 0 amide bonds. The van der Waals surface area contributed by atoms with Crippen LogP contribution >= 0.6 is 0 Å². The Bertz CT molecular complexity index is 442. The number of nitrogens with two attached hydrogens (primary N) is 1. The standard InChI is InChI=1S/C17H31N3/c1-12-8-16(20(5)19-12)10-14-9-15(17(2,3)4)7-6-13(14)11-18/h8,13-15H,6-7,9-11,18H2,1-5H3. The minimum Gasteiger partial charge on any atom is -0.330 e. The number of aryl methyl sites for hydroxylation is 2. The minimum absolute atomic E-state index is 0.417. The van der Waals surface area contributed by atoms with Gasteiger partial charge in [-0.1, -0.05) is 20.8 Å². The smallest absolute Gasteiger partial charge is 0.0596 e. The van der Waals surface area contributed by atoms with Crippen molar-refractivity contribution in [3.8, 4) is 0 Å². The first kappa shape index (κ1) is 15.6. The Kier molecular flexibility index (Phi) is 4.58. The molecule has 0 saturated heterocycles. The molecule has 0 spiro atoms. The van der Waals surface area contributed by atoms with Crippen LogP contribution in [-0.4, -0.2) is 16.3 Å². The van der Waals surface area contributed by atoms with Gasteiger partial charge in [0.1, 0.15) is 0 Å². The molecule has 1 fully saturated rings. The van der Waals surface area contributed by atoms with Gasteiger partial charge in [0.25, 0.3) is 0 Å². The van der Waals surface area contributed by atoms with Gasteiger partial charge in [-0.25, -0.2) is 0 Å². The molecule has 114 valence electrons. The van der Waals surface area contributed by atoms with Crippen molar-refractivity contribution in [2.75, 3.05) is 6.54 Å². The molecule has 3 heteroatoms. The number of aromatic nitrogens is 2. The van der Waals surface area contributed by atoms with E-state index in [1.54, 1.807) is 0 Å². The van der Waals surface area contributed by atoms with Gasteiger partial charge in [-0.3, -0.25) is 4.68 Å². The predicted octanol–water partition coefficient (Wildman–Crippen LogP) is 3.31. The molecule has 1 saturated carbocycles. The average molecular weight is 277 g/mol. The maximum atomic E-state index is 6.02. The summed E-state index contributed by atoms with van der Waals surface area (Å²) in [5.41, 5.74) is 8.92.